The fraction of sp³-hybridized carbons (Fsp3) is 0. The maximum Gasteiger partial charge on any atom is 0.141 e. The van der Waals surface area contributed by atoms with Gasteiger partial charge in [0.1, 0.15) is 7.85 Å². The second-order valence-corrected chi connectivity index (χ2v) is 1.88. The molecule has 1 aromatic heterocycles. The Morgan fingerprint density at radius 2 is 2.40 bits per heavy atom. The van der Waals surface area contributed by atoms with Crippen molar-refractivity contribution in [2.45, 2.75) is 0 Å². The molecule has 0 spiro atoms. The highest BCUT2D eigenvalue weighted by atomic mass is 14.7. The zero-order valence-electron chi connectivity index (χ0n) is 5.33. The molecule has 2 radical (unpaired) electrons. The van der Waals surface area contributed by atoms with Crippen molar-refractivity contribution >= 4 is 19.1 Å². The van der Waals surface area contributed by atoms with E-state index in [1.54, 1.807) is 12.3 Å². The van der Waals surface area contributed by atoms with Crippen molar-refractivity contribution in [3.8, 4) is 0 Å². The summed E-state index contributed by atoms with van der Waals surface area (Å²) in [5, 5.41) is 7.05. The van der Waals surface area contributed by atoms with Gasteiger partial charge in [-0.2, -0.15) is 0 Å². The number of nitrogens with zero attached hydrogens (tertiary/aromatic N) is 1. The average molecular weight is 131 g/mol. The van der Waals surface area contributed by atoms with Crippen LogP contribution >= 0.6 is 0 Å². The Balaban J connectivity index is 3.15. The third-order valence-corrected chi connectivity index (χ3v) is 1.14. The van der Waals surface area contributed by atoms with Gasteiger partial charge in [0.15, 0.2) is 0 Å². The van der Waals surface area contributed by atoms with E-state index in [-0.39, 0.29) is 5.61 Å². The standard InChI is InChI=1S/C6H6BN3/c7-6(9)4-1-2-10-3-5(4)8/h1-3,9H,8H2. The van der Waals surface area contributed by atoms with Crippen molar-refractivity contribution in [1.29, 1.82) is 5.41 Å². The molecule has 0 aliphatic heterocycles. The van der Waals surface area contributed by atoms with E-state index < -0.39 is 0 Å². The summed E-state index contributed by atoms with van der Waals surface area (Å²) in [6, 6.07) is 1.61. The largest absolute Gasteiger partial charge is 0.397 e. The van der Waals surface area contributed by atoms with Crippen LogP contribution in [0.5, 0.6) is 0 Å². The highest BCUT2D eigenvalue weighted by Gasteiger charge is 1.97. The highest BCUT2D eigenvalue weighted by molar-refractivity contribution is 6.63. The minimum Gasteiger partial charge on any atom is -0.397 e. The molecule has 3 nitrogen and oxygen atoms in total. The number of hydrogen-bond donors (Lipinski definition) is 2. The van der Waals surface area contributed by atoms with E-state index in [1.165, 1.54) is 6.20 Å². The first kappa shape index (κ1) is 6.80. The molecule has 0 bridgehead atoms. The van der Waals surface area contributed by atoms with Gasteiger partial charge in [0.05, 0.1) is 11.9 Å². The molecule has 0 atom stereocenters. The lowest BCUT2D eigenvalue weighted by atomic mass is 9.93. The van der Waals surface area contributed by atoms with Gasteiger partial charge in [-0.3, -0.25) is 4.98 Å². The predicted octanol–water partition coefficient (Wildman–Crippen LogP) is 0.158. The Labute approximate surface area is 60.2 Å². The van der Waals surface area contributed by atoms with Crippen molar-refractivity contribution in [2.75, 3.05) is 5.73 Å². The van der Waals surface area contributed by atoms with Gasteiger partial charge in [0.25, 0.3) is 0 Å². The first-order valence-corrected chi connectivity index (χ1v) is 2.75. The minimum atomic E-state index is -0.0279. The Hall–Kier alpha value is -1.32. The number of rotatable bonds is 1. The van der Waals surface area contributed by atoms with Crippen LogP contribution < -0.4 is 5.73 Å². The molecule has 0 amide bonds. The van der Waals surface area contributed by atoms with E-state index in [9.17, 15) is 0 Å². The molecular weight excluding hydrogens is 125 g/mol. The third kappa shape index (κ3) is 1.15. The van der Waals surface area contributed by atoms with Crippen molar-refractivity contribution < 1.29 is 0 Å². The number of anilines is 1. The summed E-state index contributed by atoms with van der Waals surface area (Å²) in [7, 11) is 5.19. The van der Waals surface area contributed by atoms with Crippen molar-refractivity contribution in [2.24, 2.45) is 0 Å². The maximum absolute atomic E-state index is 7.05. The first-order valence-electron chi connectivity index (χ1n) is 2.75. The highest BCUT2D eigenvalue weighted by Crippen LogP contribution is 2.06. The number of nitrogens with one attached hydrogen (secondary N) is 1. The molecule has 4 heteroatoms. The lowest BCUT2D eigenvalue weighted by Crippen LogP contribution is -2.02. The lowest BCUT2D eigenvalue weighted by Gasteiger charge is -2.00. The fourth-order valence-corrected chi connectivity index (χ4v) is 0.652. The summed E-state index contributed by atoms with van der Waals surface area (Å²) in [4.78, 5) is 3.75. The molecule has 1 heterocycles. The zero-order chi connectivity index (χ0) is 7.56. The maximum atomic E-state index is 7.05. The van der Waals surface area contributed by atoms with Gasteiger partial charge in [0, 0.05) is 11.8 Å². The van der Waals surface area contributed by atoms with E-state index in [4.69, 9.17) is 19.0 Å². The average Bonchev–Trinajstić information content (AvgIpc) is 1.88. The van der Waals surface area contributed by atoms with Crippen LogP contribution in [0, 0.1) is 5.41 Å². The quantitative estimate of drug-likeness (QED) is 0.421. The van der Waals surface area contributed by atoms with Gasteiger partial charge >= 0.3 is 0 Å². The van der Waals surface area contributed by atoms with E-state index in [0.29, 0.717) is 11.3 Å². The van der Waals surface area contributed by atoms with Crippen LogP contribution in [0.4, 0.5) is 5.69 Å². The van der Waals surface area contributed by atoms with Gasteiger partial charge in [-0.25, -0.2) is 0 Å². The van der Waals surface area contributed by atoms with Crippen molar-refractivity contribution in [3.63, 3.8) is 0 Å². The first-order chi connectivity index (χ1) is 4.72. The van der Waals surface area contributed by atoms with Crippen LogP contribution in [0.25, 0.3) is 0 Å². The third-order valence-electron chi connectivity index (χ3n) is 1.14. The molecule has 0 unspecified atom stereocenters. The van der Waals surface area contributed by atoms with Crippen LogP contribution in [0.1, 0.15) is 5.56 Å². The molecule has 0 aliphatic carbocycles. The molecule has 0 saturated heterocycles. The summed E-state index contributed by atoms with van der Waals surface area (Å²) < 4.78 is 0. The number of hydrogen-bond acceptors (Lipinski definition) is 3. The smallest absolute Gasteiger partial charge is 0.141 e. The predicted molar refractivity (Wildman–Crippen MR) is 41.2 cm³/mol. The number of nitrogen functional groups attached to an aromatic ring is 1. The fourth-order valence-electron chi connectivity index (χ4n) is 0.652. The van der Waals surface area contributed by atoms with Gasteiger partial charge < -0.3 is 11.1 Å². The summed E-state index contributed by atoms with van der Waals surface area (Å²) in [5.41, 5.74) is 6.39. The normalized spacial score (nSPS) is 9.20. The summed E-state index contributed by atoms with van der Waals surface area (Å²) >= 11 is 0. The molecule has 0 aromatic carbocycles. The summed E-state index contributed by atoms with van der Waals surface area (Å²) in [6.45, 7) is 0. The van der Waals surface area contributed by atoms with E-state index in [0.717, 1.165) is 0 Å². The topological polar surface area (TPSA) is 62.8 Å². The lowest BCUT2D eigenvalue weighted by molar-refractivity contribution is 1.32. The Morgan fingerprint density at radius 1 is 1.70 bits per heavy atom. The molecule has 0 aliphatic rings. The molecule has 0 fully saturated rings. The van der Waals surface area contributed by atoms with Crippen LogP contribution in [-0.4, -0.2) is 18.4 Å². The van der Waals surface area contributed by atoms with Crippen molar-refractivity contribution in [1.82, 2.24) is 4.98 Å². The zero-order valence-corrected chi connectivity index (χ0v) is 5.33. The van der Waals surface area contributed by atoms with Gasteiger partial charge in [0.2, 0.25) is 0 Å². The Morgan fingerprint density at radius 3 is 2.80 bits per heavy atom. The van der Waals surface area contributed by atoms with Crippen LogP contribution in [0.15, 0.2) is 18.5 Å². The van der Waals surface area contributed by atoms with Crippen LogP contribution in [0.3, 0.4) is 0 Å². The van der Waals surface area contributed by atoms with E-state index in [1.807, 2.05) is 0 Å². The second kappa shape index (κ2) is 2.52. The molecule has 48 valence electrons. The summed E-state index contributed by atoms with van der Waals surface area (Å²) in [5.74, 6) is 0. The number of pyridine rings is 1. The molecule has 1 aromatic rings. The molecule has 0 saturated carbocycles. The Bertz CT molecular complexity index is 259. The molecule has 10 heavy (non-hydrogen) atoms. The van der Waals surface area contributed by atoms with Gasteiger partial charge in [-0.15, -0.1) is 0 Å². The monoisotopic (exact) mass is 131 g/mol. The van der Waals surface area contributed by atoms with E-state index in [2.05, 4.69) is 4.98 Å². The molecule has 3 N–H and O–H groups in total. The van der Waals surface area contributed by atoms with Crippen LogP contribution in [0.2, 0.25) is 0 Å². The minimum absolute atomic E-state index is 0.0279. The molecule has 1 rings (SSSR count). The second-order valence-electron chi connectivity index (χ2n) is 1.88. The Kier molecular flexibility index (Phi) is 1.71. The van der Waals surface area contributed by atoms with Crippen LogP contribution in [-0.2, 0) is 0 Å². The number of nitrogens with two attached hydrogens (primary N) is 1. The van der Waals surface area contributed by atoms with Crippen molar-refractivity contribution in [3.05, 3.63) is 24.0 Å². The SMILES string of the molecule is [B]C(=N)c1ccncc1N. The van der Waals surface area contributed by atoms with Gasteiger partial charge in [-0.05, 0) is 11.7 Å². The van der Waals surface area contributed by atoms with Gasteiger partial charge in [-0.1, -0.05) is 0 Å². The van der Waals surface area contributed by atoms with E-state index >= 15 is 0 Å². The molecular formula is C6H6BN3. The summed E-state index contributed by atoms with van der Waals surface area (Å²) in [6.07, 6.45) is 3.02. The number of aromatic nitrogens is 1.